The summed E-state index contributed by atoms with van der Waals surface area (Å²) in [7, 11) is 0. The van der Waals surface area contributed by atoms with Crippen molar-refractivity contribution in [3.8, 4) is 0 Å². The highest BCUT2D eigenvalue weighted by atomic mass is 35.5. The van der Waals surface area contributed by atoms with Crippen molar-refractivity contribution < 1.29 is 0 Å². The molecular formula is C14H10ClN3. The minimum Gasteiger partial charge on any atom is -0.340 e. The van der Waals surface area contributed by atoms with E-state index in [2.05, 4.69) is 33.5 Å². The van der Waals surface area contributed by atoms with Crippen LogP contribution in [0.15, 0.2) is 54.7 Å². The number of rotatable bonds is 2. The summed E-state index contributed by atoms with van der Waals surface area (Å²) >= 11 is 5.77. The largest absolute Gasteiger partial charge is 0.340 e. The van der Waals surface area contributed by atoms with E-state index in [1.165, 1.54) is 5.39 Å². The number of anilines is 2. The van der Waals surface area contributed by atoms with Crippen LogP contribution in [0.3, 0.4) is 0 Å². The molecule has 3 rings (SSSR count). The van der Waals surface area contributed by atoms with E-state index in [4.69, 9.17) is 11.6 Å². The van der Waals surface area contributed by atoms with E-state index in [1.54, 1.807) is 12.3 Å². The second-order valence-electron chi connectivity index (χ2n) is 3.86. The van der Waals surface area contributed by atoms with Gasteiger partial charge in [-0.1, -0.05) is 36.4 Å². The van der Waals surface area contributed by atoms with Gasteiger partial charge in [0.25, 0.3) is 0 Å². The highest BCUT2D eigenvalue weighted by Gasteiger charge is 2.02. The zero-order chi connectivity index (χ0) is 12.4. The Bertz CT molecular complexity index is 692. The molecule has 0 fully saturated rings. The zero-order valence-corrected chi connectivity index (χ0v) is 10.2. The topological polar surface area (TPSA) is 37.8 Å². The van der Waals surface area contributed by atoms with Crippen LogP contribution in [0.4, 0.5) is 11.5 Å². The third kappa shape index (κ3) is 2.13. The smallest absolute Gasteiger partial charge is 0.224 e. The summed E-state index contributed by atoms with van der Waals surface area (Å²) in [6, 6.07) is 16.1. The lowest BCUT2D eigenvalue weighted by molar-refractivity contribution is 1.17. The van der Waals surface area contributed by atoms with Crippen LogP contribution >= 0.6 is 11.6 Å². The molecule has 2 aromatic carbocycles. The van der Waals surface area contributed by atoms with E-state index < -0.39 is 0 Å². The highest BCUT2D eigenvalue weighted by Crippen LogP contribution is 2.25. The normalized spacial score (nSPS) is 10.5. The van der Waals surface area contributed by atoms with Gasteiger partial charge < -0.3 is 5.32 Å². The molecule has 3 aromatic rings. The minimum absolute atomic E-state index is 0.236. The fourth-order valence-corrected chi connectivity index (χ4v) is 2.02. The zero-order valence-electron chi connectivity index (χ0n) is 9.47. The molecule has 0 bridgehead atoms. The average Bonchev–Trinajstić information content (AvgIpc) is 2.39. The van der Waals surface area contributed by atoms with Crippen molar-refractivity contribution in [3.05, 3.63) is 60.0 Å². The molecule has 0 radical (unpaired) electrons. The van der Waals surface area contributed by atoms with E-state index in [0.29, 0.717) is 5.82 Å². The number of hydrogen-bond acceptors (Lipinski definition) is 3. The molecule has 0 atom stereocenters. The van der Waals surface area contributed by atoms with Gasteiger partial charge in [-0.05, 0) is 29.1 Å². The van der Waals surface area contributed by atoms with Gasteiger partial charge in [-0.15, -0.1) is 0 Å². The van der Waals surface area contributed by atoms with Crippen molar-refractivity contribution in [1.82, 2.24) is 9.97 Å². The standard InChI is InChI=1S/C14H10ClN3/c15-14-16-9-8-13(18-14)17-12-7-3-5-10-4-1-2-6-11(10)12/h1-9H,(H,16,17,18). The maximum Gasteiger partial charge on any atom is 0.224 e. The fraction of sp³-hybridized carbons (Fsp3) is 0. The van der Waals surface area contributed by atoms with Gasteiger partial charge in [-0.25, -0.2) is 9.97 Å². The van der Waals surface area contributed by atoms with Gasteiger partial charge in [0.05, 0.1) is 0 Å². The number of hydrogen-bond donors (Lipinski definition) is 1. The first-order valence-electron chi connectivity index (χ1n) is 5.56. The lowest BCUT2D eigenvalue weighted by Crippen LogP contribution is -1.95. The Labute approximate surface area is 109 Å². The summed E-state index contributed by atoms with van der Waals surface area (Å²) in [5.74, 6) is 0.686. The average molecular weight is 256 g/mol. The second kappa shape index (κ2) is 4.63. The molecule has 1 N–H and O–H groups in total. The molecule has 18 heavy (non-hydrogen) atoms. The monoisotopic (exact) mass is 255 g/mol. The number of halogens is 1. The van der Waals surface area contributed by atoms with Crippen LogP contribution in [-0.2, 0) is 0 Å². The summed E-state index contributed by atoms with van der Waals surface area (Å²) in [6.07, 6.45) is 1.63. The van der Waals surface area contributed by atoms with Crippen molar-refractivity contribution in [3.63, 3.8) is 0 Å². The molecule has 0 saturated carbocycles. The van der Waals surface area contributed by atoms with Crippen LogP contribution in [-0.4, -0.2) is 9.97 Å². The summed E-state index contributed by atoms with van der Waals surface area (Å²) in [5.41, 5.74) is 1.00. The van der Waals surface area contributed by atoms with E-state index in [9.17, 15) is 0 Å². The lowest BCUT2D eigenvalue weighted by Gasteiger charge is -2.08. The molecule has 1 aromatic heterocycles. The summed E-state index contributed by atoms with van der Waals surface area (Å²) in [5, 5.41) is 5.82. The number of nitrogens with one attached hydrogen (secondary N) is 1. The Balaban J connectivity index is 2.05. The Morgan fingerprint density at radius 2 is 1.78 bits per heavy atom. The summed E-state index contributed by atoms with van der Waals surface area (Å²) < 4.78 is 0. The number of aromatic nitrogens is 2. The van der Waals surface area contributed by atoms with Gasteiger partial charge in [0.15, 0.2) is 0 Å². The maximum atomic E-state index is 5.77. The van der Waals surface area contributed by atoms with Crippen LogP contribution in [0.2, 0.25) is 5.28 Å². The molecule has 0 aliphatic heterocycles. The predicted octanol–water partition coefficient (Wildman–Crippen LogP) is 4.03. The molecule has 4 heteroatoms. The molecule has 0 aliphatic carbocycles. The first kappa shape index (κ1) is 11.0. The summed E-state index contributed by atoms with van der Waals surface area (Å²) in [4.78, 5) is 7.98. The molecule has 88 valence electrons. The van der Waals surface area contributed by atoms with Crippen molar-refractivity contribution >= 4 is 33.9 Å². The van der Waals surface area contributed by atoms with E-state index >= 15 is 0 Å². The summed E-state index contributed by atoms with van der Waals surface area (Å²) in [6.45, 7) is 0. The highest BCUT2D eigenvalue weighted by molar-refractivity contribution is 6.28. The molecular weight excluding hydrogens is 246 g/mol. The Morgan fingerprint density at radius 3 is 2.67 bits per heavy atom. The third-order valence-electron chi connectivity index (χ3n) is 2.68. The predicted molar refractivity (Wildman–Crippen MR) is 74.3 cm³/mol. The van der Waals surface area contributed by atoms with Crippen LogP contribution in [0.25, 0.3) is 10.8 Å². The minimum atomic E-state index is 0.236. The van der Waals surface area contributed by atoms with Crippen LogP contribution in [0, 0.1) is 0 Å². The first-order chi connectivity index (χ1) is 8.83. The molecule has 0 saturated heterocycles. The van der Waals surface area contributed by atoms with Crippen molar-refractivity contribution in [2.75, 3.05) is 5.32 Å². The van der Waals surface area contributed by atoms with Crippen molar-refractivity contribution in [2.45, 2.75) is 0 Å². The molecule has 0 amide bonds. The van der Waals surface area contributed by atoms with Crippen LogP contribution < -0.4 is 5.32 Å². The van der Waals surface area contributed by atoms with Gasteiger partial charge in [0.1, 0.15) is 5.82 Å². The molecule has 1 heterocycles. The van der Waals surface area contributed by atoms with Gasteiger partial charge in [-0.3, -0.25) is 0 Å². The van der Waals surface area contributed by atoms with E-state index in [-0.39, 0.29) is 5.28 Å². The number of fused-ring (bicyclic) bond motifs is 1. The van der Waals surface area contributed by atoms with Crippen LogP contribution in [0.5, 0.6) is 0 Å². The van der Waals surface area contributed by atoms with Crippen LogP contribution in [0.1, 0.15) is 0 Å². The SMILES string of the molecule is Clc1nccc(Nc2cccc3ccccc23)n1. The molecule has 0 spiro atoms. The van der Waals surface area contributed by atoms with Gasteiger partial charge >= 0.3 is 0 Å². The van der Waals surface area contributed by atoms with E-state index in [1.807, 2.05) is 24.3 Å². The second-order valence-corrected chi connectivity index (χ2v) is 4.20. The van der Waals surface area contributed by atoms with Gasteiger partial charge in [0.2, 0.25) is 5.28 Å². The first-order valence-corrected chi connectivity index (χ1v) is 5.94. The Kier molecular flexibility index (Phi) is 2.82. The number of benzene rings is 2. The fourth-order valence-electron chi connectivity index (χ4n) is 1.88. The Hall–Kier alpha value is -2.13. The molecule has 0 unspecified atom stereocenters. The number of nitrogens with zero attached hydrogens (tertiary/aromatic N) is 2. The maximum absolute atomic E-state index is 5.77. The van der Waals surface area contributed by atoms with E-state index in [0.717, 1.165) is 11.1 Å². The Morgan fingerprint density at radius 1 is 0.944 bits per heavy atom. The quantitative estimate of drug-likeness (QED) is 0.703. The lowest BCUT2D eigenvalue weighted by atomic mass is 10.1. The molecule has 3 nitrogen and oxygen atoms in total. The van der Waals surface area contributed by atoms with Crippen molar-refractivity contribution in [1.29, 1.82) is 0 Å². The van der Waals surface area contributed by atoms with Gasteiger partial charge in [-0.2, -0.15) is 0 Å². The molecule has 0 aliphatic rings. The van der Waals surface area contributed by atoms with Crippen molar-refractivity contribution in [2.24, 2.45) is 0 Å². The van der Waals surface area contributed by atoms with Gasteiger partial charge in [0, 0.05) is 17.3 Å². The third-order valence-corrected chi connectivity index (χ3v) is 2.86.